The molecule has 0 aromatic carbocycles. The van der Waals surface area contributed by atoms with E-state index in [1.165, 1.54) is 32.1 Å². The van der Waals surface area contributed by atoms with Crippen LogP contribution in [0.25, 0.3) is 0 Å². The zero-order chi connectivity index (χ0) is 49.0. The Hall–Kier alpha value is -3.63. The van der Waals surface area contributed by atoms with E-state index in [4.69, 9.17) is 29.4 Å². The number of esters is 1. The Morgan fingerprint density at radius 3 is 1.22 bits per heavy atom. The molecule has 0 aromatic heterocycles. The lowest BCUT2D eigenvalue weighted by Gasteiger charge is -2.20. The monoisotopic (exact) mass is 954 g/mol. The molecule has 0 saturated heterocycles. The molecule has 67 heavy (non-hydrogen) atoms. The molecule has 0 rings (SSSR count). The maximum atomic E-state index is 12.7. The number of ether oxygens (including phenoxy) is 2. The van der Waals surface area contributed by atoms with Crippen LogP contribution in [0.15, 0.2) is 122 Å². The van der Waals surface area contributed by atoms with E-state index >= 15 is 0 Å². The van der Waals surface area contributed by atoms with Crippen molar-refractivity contribution in [3.63, 3.8) is 0 Å². The third kappa shape index (κ3) is 50.1. The Labute approximate surface area is 407 Å². The molecule has 0 bridgehead atoms. The summed E-state index contributed by atoms with van der Waals surface area (Å²) >= 11 is 0. The predicted octanol–water partition coefficient (Wildman–Crippen LogP) is 15.2. The van der Waals surface area contributed by atoms with Crippen molar-refractivity contribution in [3.05, 3.63) is 122 Å². The predicted molar refractivity (Wildman–Crippen MR) is 281 cm³/mol. The Bertz CT molecular complexity index is 1520. The molecule has 11 heteroatoms. The molecule has 0 fully saturated rings. The fraction of sp³-hybridized carbons (Fsp3) is 0.607. The second kappa shape index (κ2) is 50.3. The normalized spacial score (nSPS) is 14.7. The third-order valence-electron chi connectivity index (χ3n) is 10.2. The first-order valence-electron chi connectivity index (χ1n) is 25.6. The van der Waals surface area contributed by atoms with Crippen LogP contribution in [-0.4, -0.2) is 60.5 Å². The van der Waals surface area contributed by atoms with Gasteiger partial charge < -0.3 is 25.2 Å². The topological polar surface area (TPSA) is 155 Å². The lowest BCUT2D eigenvalue weighted by molar-refractivity contribution is -0.154. The standard InChI is InChI=1S/C56H92NO9P/c1-3-5-7-9-11-13-15-17-19-21-23-25-27-28-30-32-34-36-38-40-42-44-46-48-55(58)66-53(51-64-67(61,62)65-52-54(57)56(59)60)50-63-49-47-45-43-41-39-37-35-33-31-29-26-24-22-20-18-16-14-12-10-8-6-4-2/h5-8,11-14,17-20,23-26,28,30-31,33,53-54H,3-4,9-10,15-16,21-22,27,29,32,34-52,57H2,1-2H3,(H,59,60)(H,61,62)/b7-5-,8-6-,13-11-,14-12-,19-17-,20-18-,25-23-,26-24-,30-28-,33-31-. The number of carbonyl (C=O) groups excluding carboxylic acids is 1. The number of nitrogens with two attached hydrogens (primary N) is 1. The van der Waals surface area contributed by atoms with Gasteiger partial charge in [-0.15, -0.1) is 0 Å². The SMILES string of the molecule is CC/C=C\C/C=C\C/C=C\C/C=C\C/C=C\CCCCCCCCCC(=O)OC(COCCCCCCCC/C=C\C/C=C\C/C=C\C/C=C\C/C=C\CC)COP(=O)(O)OCC(N)C(=O)O. The molecule has 3 unspecified atom stereocenters. The zero-order valence-corrected chi connectivity index (χ0v) is 42.6. The van der Waals surface area contributed by atoms with Crippen LogP contribution in [0, 0.1) is 0 Å². The Balaban J connectivity index is 4.25. The van der Waals surface area contributed by atoms with E-state index in [2.05, 4.69) is 135 Å². The second-order valence-corrected chi connectivity index (χ2v) is 18.0. The molecule has 0 amide bonds. The summed E-state index contributed by atoms with van der Waals surface area (Å²) in [6.45, 7) is 3.59. The summed E-state index contributed by atoms with van der Waals surface area (Å²) in [5.74, 6) is -1.81. The van der Waals surface area contributed by atoms with E-state index < -0.39 is 45.1 Å². The zero-order valence-electron chi connectivity index (χ0n) is 41.7. The van der Waals surface area contributed by atoms with Gasteiger partial charge in [0, 0.05) is 13.0 Å². The quantitative estimate of drug-likeness (QED) is 0.0232. The molecule has 3 atom stereocenters. The van der Waals surface area contributed by atoms with Crippen molar-refractivity contribution in [2.45, 2.75) is 193 Å². The van der Waals surface area contributed by atoms with Gasteiger partial charge in [0.2, 0.25) is 0 Å². The molecule has 0 aliphatic rings. The molecule has 0 aliphatic carbocycles. The number of carbonyl (C=O) groups is 2. The summed E-state index contributed by atoms with van der Waals surface area (Å²) in [5.41, 5.74) is 5.37. The van der Waals surface area contributed by atoms with Crippen LogP contribution in [-0.2, 0) is 32.7 Å². The summed E-state index contributed by atoms with van der Waals surface area (Å²) in [5, 5.41) is 8.94. The minimum atomic E-state index is -4.64. The van der Waals surface area contributed by atoms with E-state index in [-0.39, 0.29) is 13.0 Å². The molecule has 4 N–H and O–H groups in total. The minimum absolute atomic E-state index is 0.00670. The Kier molecular flexibility index (Phi) is 47.5. The van der Waals surface area contributed by atoms with Gasteiger partial charge in [-0.2, -0.15) is 0 Å². The number of carboxylic acid groups (broad SMARTS) is 1. The van der Waals surface area contributed by atoms with E-state index in [0.717, 1.165) is 122 Å². The first-order chi connectivity index (χ1) is 32.7. The van der Waals surface area contributed by atoms with Crippen molar-refractivity contribution in [1.29, 1.82) is 0 Å². The summed E-state index contributed by atoms with van der Waals surface area (Å²) in [6, 6.07) is -1.49. The highest BCUT2D eigenvalue weighted by Crippen LogP contribution is 2.43. The van der Waals surface area contributed by atoms with E-state index in [1.807, 2.05) is 0 Å². The number of allylic oxidation sites excluding steroid dienone is 20. The van der Waals surface area contributed by atoms with Gasteiger partial charge in [0.25, 0.3) is 0 Å². The number of rotatable bonds is 47. The van der Waals surface area contributed by atoms with Crippen molar-refractivity contribution < 1.29 is 42.7 Å². The van der Waals surface area contributed by atoms with Gasteiger partial charge in [-0.25, -0.2) is 4.57 Å². The van der Waals surface area contributed by atoms with Crippen molar-refractivity contribution in [3.8, 4) is 0 Å². The molecule has 0 spiro atoms. The highest BCUT2D eigenvalue weighted by atomic mass is 31.2. The Morgan fingerprint density at radius 1 is 0.478 bits per heavy atom. The van der Waals surface area contributed by atoms with Crippen molar-refractivity contribution >= 4 is 19.8 Å². The van der Waals surface area contributed by atoms with E-state index in [0.29, 0.717) is 13.0 Å². The van der Waals surface area contributed by atoms with Gasteiger partial charge in [-0.3, -0.25) is 18.6 Å². The van der Waals surface area contributed by atoms with Crippen LogP contribution >= 0.6 is 7.82 Å². The largest absolute Gasteiger partial charge is 0.480 e. The average molecular weight is 954 g/mol. The first kappa shape index (κ1) is 63.4. The lowest BCUT2D eigenvalue weighted by atomic mass is 10.1. The molecule has 380 valence electrons. The fourth-order valence-corrected chi connectivity index (χ4v) is 7.14. The van der Waals surface area contributed by atoms with Crippen LogP contribution < -0.4 is 5.73 Å². The minimum Gasteiger partial charge on any atom is -0.480 e. The van der Waals surface area contributed by atoms with E-state index in [1.54, 1.807) is 0 Å². The number of carboxylic acids is 1. The molecule has 0 heterocycles. The molecular formula is C56H92NO9P. The van der Waals surface area contributed by atoms with Gasteiger partial charge in [-0.05, 0) is 103 Å². The third-order valence-corrected chi connectivity index (χ3v) is 11.2. The smallest absolute Gasteiger partial charge is 0.472 e. The maximum Gasteiger partial charge on any atom is 0.472 e. The summed E-state index contributed by atoms with van der Waals surface area (Å²) in [7, 11) is -4.64. The van der Waals surface area contributed by atoms with Gasteiger partial charge >= 0.3 is 19.8 Å². The van der Waals surface area contributed by atoms with Crippen LogP contribution in [0.3, 0.4) is 0 Å². The molecular weight excluding hydrogens is 862 g/mol. The van der Waals surface area contributed by atoms with Crippen LogP contribution in [0.4, 0.5) is 0 Å². The van der Waals surface area contributed by atoms with Gasteiger partial charge in [0.1, 0.15) is 12.1 Å². The highest BCUT2D eigenvalue weighted by molar-refractivity contribution is 7.47. The molecule has 0 saturated carbocycles. The number of unbranched alkanes of at least 4 members (excludes halogenated alkanes) is 13. The Morgan fingerprint density at radius 2 is 0.821 bits per heavy atom. The summed E-state index contributed by atoms with van der Waals surface area (Å²) < 4.78 is 33.5. The van der Waals surface area contributed by atoms with Gasteiger partial charge in [0.15, 0.2) is 0 Å². The van der Waals surface area contributed by atoms with Crippen LogP contribution in [0.2, 0.25) is 0 Å². The molecule has 0 aliphatic heterocycles. The van der Waals surface area contributed by atoms with Crippen LogP contribution in [0.1, 0.15) is 181 Å². The number of hydrogen-bond donors (Lipinski definition) is 3. The second-order valence-electron chi connectivity index (χ2n) is 16.5. The number of phosphoric ester groups is 1. The molecule has 0 radical (unpaired) electrons. The summed E-state index contributed by atoms with van der Waals surface area (Å²) in [4.78, 5) is 33.7. The summed E-state index contributed by atoms with van der Waals surface area (Å²) in [6.07, 6.45) is 69.6. The van der Waals surface area contributed by atoms with Gasteiger partial charge in [0.05, 0.1) is 19.8 Å². The van der Waals surface area contributed by atoms with E-state index in [9.17, 15) is 19.0 Å². The van der Waals surface area contributed by atoms with Crippen molar-refractivity contribution in [1.82, 2.24) is 0 Å². The van der Waals surface area contributed by atoms with Gasteiger partial charge in [-0.1, -0.05) is 193 Å². The average Bonchev–Trinajstić information content (AvgIpc) is 3.31. The molecule has 0 aromatic rings. The number of hydrogen-bond acceptors (Lipinski definition) is 8. The van der Waals surface area contributed by atoms with Crippen LogP contribution in [0.5, 0.6) is 0 Å². The maximum absolute atomic E-state index is 12.7. The lowest BCUT2D eigenvalue weighted by Crippen LogP contribution is -2.34. The highest BCUT2D eigenvalue weighted by Gasteiger charge is 2.27. The number of aliphatic carboxylic acids is 1. The fourth-order valence-electron chi connectivity index (χ4n) is 6.36. The van der Waals surface area contributed by atoms with Crippen molar-refractivity contribution in [2.75, 3.05) is 26.4 Å². The first-order valence-corrected chi connectivity index (χ1v) is 27.1. The number of phosphoric acid groups is 1. The molecule has 10 nitrogen and oxygen atoms in total. The van der Waals surface area contributed by atoms with Crippen molar-refractivity contribution in [2.24, 2.45) is 5.73 Å².